The molecule has 1 unspecified atom stereocenters. The highest BCUT2D eigenvalue weighted by Gasteiger charge is 2.79. The van der Waals surface area contributed by atoms with Crippen molar-refractivity contribution in [3.63, 3.8) is 0 Å². The summed E-state index contributed by atoms with van der Waals surface area (Å²) in [5, 5.41) is 6.28. The molecule has 1 aliphatic heterocycles. The van der Waals surface area contributed by atoms with Crippen molar-refractivity contribution in [2.24, 2.45) is 5.41 Å². The van der Waals surface area contributed by atoms with E-state index in [0.29, 0.717) is 30.5 Å². The van der Waals surface area contributed by atoms with Crippen LogP contribution in [-0.2, 0) is 27.0 Å². The van der Waals surface area contributed by atoms with Gasteiger partial charge in [0.25, 0.3) is 0 Å². The van der Waals surface area contributed by atoms with Crippen molar-refractivity contribution in [1.82, 2.24) is 5.32 Å². The normalized spacial score (nSPS) is 35.7. The van der Waals surface area contributed by atoms with Crippen LogP contribution in [-0.4, -0.2) is 31.5 Å². The number of halogens is 3. The maximum Gasteiger partial charge on any atom is 0.416 e. The molecule has 1 aromatic rings. The number of ether oxygens (including phenoxy) is 2. The fourth-order valence-electron chi connectivity index (χ4n) is 4.63. The molecule has 136 valence electrons. The van der Waals surface area contributed by atoms with Gasteiger partial charge in [0.2, 0.25) is 0 Å². The molecule has 8 heteroatoms. The van der Waals surface area contributed by atoms with E-state index in [2.05, 4.69) is 10.6 Å². The van der Waals surface area contributed by atoms with E-state index >= 15 is 0 Å². The summed E-state index contributed by atoms with van der Waals surface area (Å²) in [5.41, 5.74) is -1.38. The molecule has 0 spiro atoms. The molecule has 1 heterocycles. The molecule has 5 rings (SSSR count). The van der Waals surface area contributed by atoms with Gasteiger partial charge in [0.1, 0.15) is 0 Å². The van der Waals surface area contributed by atoms with E-state index in [1.54, 1.807) is 7.11 Å². The number of rotatable bonds is 3. The van der Waals surface area contributed by atoms with Crippen LogP contribution >= 0.6 is 0 Å². The Bertz CT molecular complexity index is 729. The number of benzene rings is 1. The standard InChI is InChI=1S/C17H19F3N2O3/c1-24-13(23)16(14-7-15(8-14,9-14)25-2)21-6-10-5-11(17(18,19)20)3-4-12(10)22-16/h3-5,21-22H,6-9H2,1-2H3. The van der Waals surface area contributed by atoms with E-state index in [9.17, 15) is 18.0 Å². The molecule has 2 bridgehead atoms. The van der Waals surface area contributed by atoms with Crippen molar-refractivity contribution in [2.75, 3.05) is 19.5 Å². The number of carbonyl (C=O) groups excluding carboxylic acids is 1. The molecule has 0 amide bonds. The van der Waals surface area contributed by atoms with Crippen LogP contribution in [0.4, 0.5) is 18.9 Å². The van der Waals surface area contributed by atoms with Gasteiger partial charge >= 0.3 is 12.1 Å². The van der Waals surface area contributed by atoms with Crippen LogP contribution < -0.4 is 10.6 Å². The summed E-state index contributed by atoms with van der Waals surface area (Å²) in [5.74, 6) is -0.456. The first-order chi connectivity index (χ1) is 11.7. The third-order valence-corrected chi connectivity index (χ3v) is 6.00. The van der Waals surface area contributed by atoms with Crippen LogP contribution in [0.1, 0.15) is 30.4 Å². The van der Waals surface area contributed by atoms with Gasteiger partial charge in [-0.2, -0.15) is 13.2 Å². The van der Waals surface area contributed by atoms with E-state index in [1.165, 1.54) is 13.2 Å². The molecule has 1 aromatic carbocycles. The fourth-order valence-corrected chi connectivity index (χ4v) is 4.63. The Kier molecular flexibility index (Phi) is 3.25. The number of nitrogens with one attached hydrogen (secondary N) is 2. The SMILES string of the molecule is COC(=O)C1(C23CC(OC)(C2)C3)NCc2cc(C(F)(F)F)ccc2N1. The molecular weight excluding hydrogens is 337 g/mol. The number of fused-ring (bicyclic) bond motifs is 1. The van der Waals surface area contributed by atoms with Gasteiger partial charge < -0.3 is 14.8 Å². The largest absolute Gasteiger partial charge is 0.466 e. The molecule has 0 aromatic heterocycles. The molecule has 1 atom stereocenters. The Morgan fingerprint density at radius 2 is 1.88 bits per heavy atom. The predicted octanol–water partition coefficient (Wildman–Crippen LogP) is 2.66. The first-order valence-electron chi connectivity index (χ1n) is 8.06. The summed E-state index contributed by atoms with van der Waals surface area (Å²) in [6.45, 7) is 0.156. The number of hydrogen-bond acceptors (Lipinski definition) is 5. The summed E-state index contributed by atoms with van der Waals surface area (Å²) in [4.78, 5) is 12.6. The summed E-state index contributed by atoms with van der Waals surface area (Å²) in [6.07, 6.45) is -2.27. The number of carbonyl (C=O) groups is 1. The molecular formula is C17H19F3N2O3. The molecule has 0 radical (unpaired) electrons. The maximum absolute atomic E-state index is 12.9. The lowest BCUT2D eigenvalue weighted by Gasteiger charge is -2.74. The summed E-state index contributed by atoms with van der Waals surface area (Å²) in [6, 6.07) is 3.52. The first kappa shape index (κ1) is 16.7. The van der Waals surface area contributed by atoms with E-state index in [-0.39, 0.29) is 17.6 Å². The molecule has 5 nitrogen and oxygen atoms in total. The average molecular weight is 356 g/mol. The number of anilines is 1. The number of hydrogen-bond donors (Lipinski definition) is 2. The van der Waals surface area contributed by atoms with Gasteiger partial charge in [-0.15, -0.1) is 0 Å². The van der Waals surface area contributed by atoms with Crippen molar-refractivity contribution in [3.05, 3.63) is 29.3 Å². The minimum Gasteiger partial charge on any atom is -0.466 e. The highest BCUT2D eigenvalue weighted by atomic mass is 19.4. The maximum atomic E-state index is 12.9. The quantitative estimate of drug-likeness (QED) is 0.816. The Morgan fingerprint density at radius 1 is 1.20 bits per heavy atom. The van der Waals surface area contributed by atoms with Crippen LogP contribution in [0.15, 0.2) is 18.2 Å². The summed E-state index contributed by atoms with van der Waals surface area (Å²) >= 11 is 0. The minimum atomic E-state index is -4.40. The van der Waals surface area contributed by atoms with Gasteiger partial charge in [-0.3, -0.25) is 5.32 Å². The summed E-state index contributed by atoms with van der Waals surface area (Å²) < 4.78 is 49.2. The highest BCUT2D eigenvalue weighted by Crippen LogP contribution is 2.73. The molecule has 0 saturated heterocycles. The third kappa shape index (κ3) is 2.07. The van der Waals surface area contributed by atoms with Crippen LogP contribution in [0.25, 0.3) is 0 Å². The van der Waals surface area contributed by atoms with Crippen LogP contribution in [0.5, 0.6) is 0 Å². The van der Waals surface area contributed by atoms with Gasteiger partial charge in [-0.1, -0.05) is 0 Å². The van der Waals surface area contributed by atoms with Gasteiger partial charge in [0.05, 0.1) is 18.3 Å². The number of alkyl halides is 3. The zero-order valence-electron chi connectivity index (χ0n) is 13.9. The van der Waals surface area contributed by atoms with Crippen molar-refractivity contribution < 1.29 is 27.4 Å². The highest BCUT2D eigenvalue weighted by molar-refractivity contribution is 5.87. The first-order valence-corrected chi connectivity index (χ1v) is 8.06. The lowest BCUT2D eigenvalue weighted by Crippen LogP contribution is -2.84. The lowest BCUT2D eigenvalue weighted by atomic mass is 9.36. The zero-order valence-corrected chi connectivity index (χ0v) is 13.9. The molecule has 3 fully saturated rings. The Hall–Kier alpha value is -1.80. The summed E-state index contributed by atoms with van der Waals surface area (Å²) in [7, 11) is 2.97. The van der Waals surface area contributed by atoms with Crippen LogP contribution in [0.2, 0.25) is 0 Å². The predicted molar refractivity (Wildman–Crippen MR) is 82.7 cm³/mol. The number of esters is 1. The van der Waals surface area contributed by atoms with Crippen LogP contribution in [0, 0.1) is 5.41 Å². The second-order valence-electron chi connectivity index (χ2n) is 7.29. The Balaban J connectivity index is 1.67. The van der Waals surface area contributed by atoms with E-state index < -0.39 is 23.4 Å². The fraction of sp³-hybridized carbons (Fsp3) is 0.588. The van der Waals surface area contributed by atoms with Gasteiger partial charge in [0.15, 0.2) is 5.66 Å². The Morgan fingerprint density at radius 3 is 2.44 bits per heavy atom. The van der Waals surface area contributed by atoms with Crippen molar-refractivity contribution >= 4 is 11.7 Å². The minimum absolute atomic E-state index is 0.156. The monoisotopic (exact) mass is 356 g/mol. The molecule has 4 aliphatic rings. The smallest absolute Gasteiger partial charge is 0.416 e. The van der Waals surface area contributed by atoms with Crippen LogP contribution in [0.3, 0.4) is 0 Å². The topological polar surface area (TPSA) is 59.6 Å². The van der Waals surface area contributed by atoms with Crippen molar-refractivity contribution in [3.8, 4) is 0 Å². The molecule has 2 N–H and O–H groups in total. The van der Waals surface area contributed by atoms with Crippen molar-refractivity contribution in [1.29, 1.82) is 0 Å². The average Bonchev–Trinajstić information content (AvgIpc) is 2.50. The van der Waals surface area contributed by atoms with E-state index in [1.807, 2.05) is 0 Å². The second-order valence-corrected chi connectivity index (χ2v) is 7.29. The van der Waals surface area contributed by atoms with Crippen molar-refractivity contribution in [2.45, 2.75) is 43.2 Å². The Labute approximate surface area is 142 Å². The third-order valence-electron chi connectivity index (χ3n) is 6.00. The van der Waals surface area contributed by atoms with E-state index in [4.69, 9.17) is 9.47 Å². The van der Waals surface area contributed by atoms with E-state index in [0.717, 1.165) is 12.1 Å². The van der Waals surface area contributed by atoms with Gasteiger partial charge in [-0.25, -0.2) is 4.79 Å². The zero-order chi connectivity index (χ0) is 18.1. The molecule has 3 aliphatic carbocycles. The lowest BCUT2D eigenvalue weighted by molar-refractivity contribution is -0.300. The van der Waals surface area contributed by atoms with Gasteiger partial charge in [-0.05, 0) is 43.0 Å². The van der Waals surface area contributed by atoms with Gasteiger partial charge in [0, 0.05) is 24.8 Å². The second kappa shape index (κ2) is 4.88. The molecule has 25 heavy (non-hydrogen) atoms. The molecule has 3 saturated carbocycles. The number of methoxy groups -OCH3 is 2.